The van der Waals surface area contributed by atoms with Crippen LogP contribution in [0.4, 0.5) is 0 Å². The Morgan fingerprint density at radius 2 is 1.80 bits per heavy atom. The first-order valence-corrected chi connectivity index (χ1v) is 0.565. The minimum Gasteiger partial charge on any atom is -0.328 e. The molecule has 5 heavy (non-hydrogen) atoms. The first-order chi connectivity index (χ1) is 1.73. The van der Waals surface area contributed by atoms with Crippen molar-refractivity contribution in [2.24, 2.45) is 0 Å². The Hall–Kier alpha value is -0.281. The van der Waals surface area contributed by atoms with E-state index in [1.165, 1.54) is 0 Å². The summed E-state index contributed by atoms with van der Waals surface area (Å²) in [6, 6.07) is 0. The molecule has 0 aliphatic carbocycles. The maximum Gasteiger partial charge on any atom is 1.00 e. The molecule has 0 radical (unpaired) electrons. The van der Waals surface area contributed by atoms with E-state index >= 15 is 0 Å². The van der Waals surface area contributed by atoms with Crippen LogP contribution in [0.2, 0.25) is 0 Å². The van der Waals surface area contributed by atoms with Crippen LogP contribution in [-0.4, -0.2) is 10.3 Å². The Bertz CT molecular complexity index is 29.9. The molecule has 4 nitrogen and oxygen atoms in total. The van der Waals surface area contributed by atoms with Gasteiger partial charge in [-0.25, -0.2) is 0 Å². The molecule has 0 atom stereocenters. The molecule has 5 heteroatoms. The van der Waals surface area contributed by atoms with Gasteiger partial charge in [-0.1, -0.05) is 0 Å². The fraction of sp³-hybridized carbons (Fsp3) is 0. The van der Waals surface area contributed by atoms with Crippen LogP contribution in [0.25, 0.3) is 0 Å². The smallest absolute Gasteiger partial charge is 0.328 e. The summed E-state index contributed by atoms with van der Waals surface area (Å²) in [7, 11) is 0. The Morgan fingerprint density at radius 3 is 1.80 bits per heavy atom. The zero-order chi connectivity index (χ0) is 3.58. The molecule has 1 N–H and O–H groups in total. The van der Waals surface area contributed by atoms with E-state index in [0.29, 0.717) is 0 Å². The standard InChI is InChI=1S/Cu.HNO3/c;2-1(3)4/h;(H,2,3,4)/q+1;. The van der Waals surface area contributed by atoms with Gasteiger partial charge in [-0.2, -0.15) is 0 Å². The predicted octanol–water partition coefficient (Wildman–Crippen LogP) is -0.350. The van der Waals surface area contributed by atoms with Crippen molar-refractivity contribution in [1.82, 2.24) is 0 Å². The summed E-state index contributed by atoms with van der Waals surface area (Å²) in [4.78, 5) is 8.36. The van der Waals surface area contributed by atoms with E-state index in [0.717, 1.165) is 0 Å². The van der Waals surface area contributed by atoms with Gasteiger partial charge in [0.15, 0.2) is 0 Å². The molecule has 0 heterocycles. The molecular formula is HCuNO3+. The summed E-state index contributed by atoms with van der Waals surface area (Å²) < 4.78 is 0. The largest absolute Gasteiger partial charge is 1.00 e. The van der Waals surface area contributed by atoms with Gasteiger partial charge >= 0.3 is 17.1 Å². The molecular weight excluding hydrogens is 126 g/mol. The first kappa shape index (κ1) is 8.83. The molecule has 0 rings (SSSR count). The van der Waals surface area contributed by atoms with Gasteiger partial charge in [-0.05, 0) is 0 Å². The van der Waals surface area contributed by atoms with E-state index in [-0.39, 0.29) is 17.1 Å². The molecule has 0 saturated carbocycles. The van der Waals surface area contributed by atoms with E-state index in [2.05, 4.69) is 0 Å². The maximum absolute atomic E-state index is 8.36. The van der Waals surface area contributed by atoms with Crippen molar-refractivity contribution < 1.29 is 27.4 Å². The Kier molecular flexibility index (Phi) is 6.57. The van der Waals surface area contributed by atoms with Gasteiger partial charge in [0.1, 0.15) is 0 Å². The van der Waals surface area contributed by atoms with Gasteiger partial charge in [-0.15, -0.1) is 10.1 Å². The molecule has 34 valence electrons. The van der Waals surface area contributed by atoms with E-state index in [9.17, 15) is 0 Å². The Labute approximate surface area is 38.4 Å². The van der Waals surface area contributed by atoms with Crippen molar-refractivity contribution in [3.8, 4) is 0 Å². The van der Waals surface area contributed by atoms with Crippen LogP contribution in [0, 0.1) is 10.1 Å². The van der Waals surface area contributed by atoms with Crippen molar-refractivity contribution in [2.45, 2.75) is 0 Å². The summed E-state index contributed by atoms with van der Waals surface area (Å²) in [5.41, 5.74) is 0. The summed E-state index contributed by atoms with van der Waals surface area (Å²) in [6.07, 6.45) is 0. The second kappa shape index (κ2) is 3.72. The molecule has 0 aromatic carbocycles. The minimum absolute atomic E-state index is 0. The quantitative estimate of drug-likeness (QED) is 0.274. The monoisotopic (exact) mass is 126 g/mol. The first-order valence-electron chi connectivity index (χ1n) is 0.565. The van der Waals surface area contributed by atoms with E-state index in [1.54, 1.807) is 0 Å². The summed E-state index contributed by atoms with van der Waals surface area (Å²) >= 11 is 0. The van der Waals surface area contributed by atoms with Gasteiger partial charge in [0.05, 0.1) is 0 Å². The summed E-state index contributed by atoms with van der Waals surface area (Å²) in [6.45, 7) is 0. The van der Waals surface area contributed by atoms with Crippen molar-refractivity contribution in [3.05, 3.63) is 10.1 Å². The molecule has 0 aliphatic heterocycles. The van der Waals surface area contributed by atoms with Crippen LogP contribution >= 0.6 is 0 Å². The van der Waals surface area contributed by atoms with Crippen LogP contribution in [0.15, 0.2) is 0 Å². The van der Waals surface area contributed by atoms with Crippen LogP contribution in [0.3, 0.4) is 0 Å². The van der Waals surface area contributed by atoms with Gasteiger partial charge in [0.25, 0.3) is 5.09 Å². The van der Waals surface area contributed by atoms with Gasteiger partial charge in [0.2, 0.25) is 0 Å². The van der Waals surface area contributed by atoms with Crippen molar-refractivity contribution in [3.63, 3.8) is 0 Å². The fourth-order valence-electron chi connectivity index (χ4n) is 0. The average molecular weight is 127 g/mol. The second-order valence-electron chi connectivity index (χ2n) is 0.238. The van der Waals surface area contributed by atoms with Crippen LogP contribution in [0.5, 0.6) is 0 Å². The molecule has 0 aromatic rings. The van der Waals surface area contributed by atoms with Crippen molar-refractivity contribution >= 4 is 0 Å². The van der Waals surface area contributed by atoms with E-state index < -0.39 is 5.09 Å². The van der Waals surface area contributed by atoms with E-state index in [4.69, 9.17) is 15.3 Å². The fourth-order valence-corrected chi connectivity index (χ4v) is 0. The molecule has 0 aliphatic rings. The van der Waals surface area contributed by atoms with Crippen molar-refractivity contribution in [2.75, 3.05) is 0 Å². The predicted molar refractivity (Wildman–Crippen MR) is 8.78 cm³/mol. The molecule has 0 aromatic heterocycles. The maximum atomic E-state index is 8.36. The number of hydrogen-bond donors (Lipinski definition) is 1. The summed E-state index contributed by atoms with van der Waals surface area (Å²) in [5, 5.41) is 13.6. The third-order valence-corrected chi connectivity index (χ3v) is 0. The van der Waals surface area contributed by atoms with Crippen LogP contribution < -0.4 is 0 Å². The van der Waals surface area contributed by atoms with Gasteiger partial charge in [-0.3, -0.25) is 0 Å². The molecule has 0 fully saturated rings. The Balaban J connectivity index is 0. The number of rotatable bonds is 0. The molecule has 0 unspecified atom stereocenters. The third-order valence-electron chi connectivity index (χ3n) is 0. The van der Waals surface area contributed by atoms with Crippen LogP contribution in [0.1, 0.15) is 0 Å². The minimum atomic E-state index is -1.50. The van der Waals surface area contributed by atoms with Crippen LogP contribution in [-0.2, 0) is 17.1 Å². The average Bonchev–Trinajstić information content (AvgIpc) is 0.811. The van der Waals surface area contributed by atoms with Gasteiger partial charge in [0, 0.05) is 0 Å². The molecule has 0 spiro atoms. The SMILES string of the molecule is O=[N+]([O-])O.[Cu+]. The topological polar surface area (TPSA) is 63.4 Å². The molecule has 0 amide bonds. The summed E-state index contributed by atoms with van der Waals surface area (Å²) in [5.74, 6) is 0. The zero-order valence-corrected chi connectivity index (χ0v) is 2.95. The number of hydrogen-bond acceptors (Lipinski definition) is 2. The van der Waals surface area contributed by atoms with E-state index in [1.807, 2.05) is 0 Å². The molecule has 0 saturated heterocycles. The third kappa shape index (κ3) is 140. The van der Waals surface area contributed by atoms with Gasteiger partial charge < -0.3 is 5.21 Å². The molecule has 0 bridgehead atoms. The second-order valence-corrected chi connectivity index (χ2v) is 0.238. The van der Waals surface area contributed by atoms with Crippen molar-refractivity contribution in [1.29, 1.82) is 0 Å². The number of nitrogens with zero attached hydrogens (tertiary/aromatic N) is 1. The normalized spacial score (nSPS) is 4.80. The Morgan fingerprint density at radius 1 is 1.80 bits per heavy atom. The zero-order valence-electron chi connectivity index (χ0n) is 2.01.